The van der Waals surface area contributed by atoms with Crippen molar-refractivity contribution in [2.45, 2.75) is 12.8 Å². The largest absolute Gasteiger partial charge is 0.395 e. The van der Waals surface area contributed by atoms with Gasteiger partial charge >= 0.3 is 0 Å². The molecule has 21 heavy (non-hydrogen) atoms. The van der Waals surface area contributed by atoms with E-state index in [1.54, 1.807) is 4.31 Å². The van der Waals surface area contributed by atoms with Crippen LogP contribution in [0.3, 0.4) is 0 Å². The minimum absolute atomic E-state index is 0.0946. The molecular weight excluding hydrogens is 288 g/mol. The molecule has 1 fully saturated rings. The molecule has 1 aromatic carbocycles. The predicted octanol–water partition coefficient (Wildman–Crippen LogP) is 1.16. The van der Waals surface area contributed by atoms with Crippen LogP contribution < -0.4 is 4.90 Å². The number of nitrogens with zero attached hydrogens (tertiary/aromatic N) is 2. The number of anilines is 1. The standard InChI is InChI=1S/C15H24N2O3S/c1-21(19,20)17-9-5-6-14(13-17)12-16(10-11-18)15-7-3-2-4-8-15/h2-4,7-8,14,18H,5-6,9-13H2,1H3. The first-order chi connectivity index (χ1) is 10.0. The van der Waals surface area contributed by atoms with E-state index in [4.69, 9.17) is 0 Å². The van der Waals surface area contributed by atoms with Crippen LogP contribution in [-0.4, -0.2) is 56.9 Å². The van der Waals surface area contributed by atoms with Crippen LogP contribution in [0.5, 0.6) is 0 Å². The fourth-order valence-electron chi connectivity index (χ4n) is 2.87. The first-order valence-corrected chi connectivity index (χ1v) is 9.21. The molecule has 1 atom stereocenters. The van der Waals surface area contributed by atoms with Gasteiger partial charge in [0.2, 0.25) is 10.0 Å². The quantitative estimate of drug-likeness (QED) is 0.856. The molecule has 1 aliphatic heterocycles. The lowest BCUT2D eigenvalue weighted by molar-refractivity contribution is 0.260. The first kappa shape index (κ1) is 16.3. The van der Waals surface area contributed by atoms with Crippen LogP contribution >= 0.6 is 0 Å². The van der Waals surface area contributed by atoms with Crippen molar-refractivity contribution in [3.05, 3.63) is 30.3 Å². The second-order valence-electron chi connectivity index (χ2n) is 5.63. The van der Waals surface area contributed by atoms with Gasteiger partial charge in [0.1, 0.15) is 0 Å². The van der Waals surface area contributed by atoms with Crippen LogP contribution in [0.15, 0.2) is 30.3 Å². The fourth-order valence-corrected chi connectivity index (χ4v) is 3.82. The van der Waals surface area contributed by atoms with Gasteiger partial charge in [0.05, 0.1) is 12.9 Å². The molecule has 0 amide bonds. The number of piperidine rings is 1. The second kappa shape index (κ2) is 7.24. The zero-order valence-corrected chi connectivity index (χ0v) is 13.3. The van der Waals surface area contributed by atoms with E-state index in [1.165, 1.54) is 6.26 Å². The van der Waals surface area contributed by atoms with Crippen molar-refractivity contribution in [1.82, 2.24) is 4.31 Å². The summed E-state index contributed by atoms with van der Waals surface area (Å²) in [7, 11) is -3.11. The third kappa shape index (κ3) is 4.69. The van der Waals surface area contributed by atoms with E-state index < -0.39 is 10.0 Å². The molecule has 0 saturated carbocycles. The highest BCUT2D eigenvalue weighted by Crippen LogP contribution is 2.22. The molecular formula is C15H24N2O3S. The molecule has 1 aromatic rings. The van der Waals surface area contributed by atoms with Crippen molar-refractivity contribution in [3.63, 3.8) is 0 Å². The van der Waals surface area contributed by atoms with Gasteiger partial charge in [-0.2, -0.15) is 0 Å². The lowest BCUT2D eigenvalue weighted by Crippen LogP contribution is -2.43. The maximum atomic E-state index is 11.7. The molecule has 0 spiro atoms. The Bertz CT molecular complexity index is 533. The number of aliphatic hydroxyl groups is 1. The van der Waals surface area contributed by atoms with Crippen molar-refractivity contribution < 1.29 is 13.5 Å². The fraction of sp³-hybridized carbons (Fsp3) is 0.600. The van der Waals surface area contributed by atoms with Gasteiger partial charge in [-0.1, -0.05) is 18.2 Å². The molecule has 1 saturated heterocycles. The third-order valence-electron chi connectivity index (χ3n) is 3.92. The highest BCUT2D eigenvalue weighted by Gasteiger charge is 2.27. The molecule has 5 nitrogen and oxygen atoms in total. The van der Waals surface area contributed by atoms with Gasteiger partial charge in [-0.3, -0.25) is 0 Å². The molecule has 0 aliphatic carbocycles. The summed E-state index contributed by atoms with van der Waals surface area (Å²) in [5.74, 6) is 0.306. The average Bonchev–Trinajstić information content (AvgIpc) is 2.47. The van der Waals surface area contributed by atoms with Crippen LogP contribution in [0.2, 0.25) is 0 Å². The second-order valence-corrected chi connectivity index (χ2v) is 7.62. The number of sulfonamides is 1. The van der Waals surface area contributed by atoms with Crippen molar-refractivity contribution >= 4 is 15.7 Å². The topological polar surface area (TPSA) is 60.9 Å². The summed E-state index contributed by atoms with van der Waals surface area (Å²) >= 11 is 0. The number of benzene rings is 1. The third-order valence-corrected chi connectivity index (χ3v) is 5.19. The molecule has 1 N–H and O–H groups in total. The summed E-state index contributed by atoms with van der Waals surface area (Å²) in [4.78, 5) is 2.14. The number of aliphatic hydroxyl groups excluding tert-OH is 1. The minimum atomic E-state index is -3.11. The van der Waals surface area contributed by atoms with Crippen LogP contribution in [0.1, 0.15) is 12.8 Å². The summed E-state index contributed by atoms with van der Waals surface area (Å²) in [6.07, 6.45) is 3.21. The summed E-state index contributed by atoms with van der Waals surface area (Å²) in [5, 5.41) is 9.26. The minimum Gasteiger partial charge on any atom is -0.395 e. The van der Waals surface area contributed by atoms with Crippen LogP contribution in [0, 0.1) is 5.92 Å². The summed E-state index contributed by atoms with van der Waals surface area (Å²) < 4.78 is 24.9. The Hall–Kier alpha value is -1.11. The zero-order valence-electron chi connectivity index (χ0n) is 12.5. The molecule has 1 unspecified atom stereocenters. The zero-order chi connectivity index (χ0) is 15.3. The number of hydrogen-bond donors (Lipinski definition) is 1. The number of hydrogen-bond acceptors (Lipinski definition) is 4. The average molecular weight is 312 g/mol. The van der Waals surface area contributed by atoms with Crippen LogP contribution in [0.25, 0.3) is 0 Å². The van der Waals surface area contributed by atoms with Crippen molar-refractivity contribution in [3.8, 4) is 0 Å². The molecule has 2 rings (SSSR count). The summed E-state index contributed by atoms with van der Waals surface area (Å²) in [5.41, 5.74) is 1.07. The van der Waals surface area contributed by atoms with E-state index in [-0.39, 0.29) is 6.61 Å². The van der Waals surface area contributed by atoms with Crippen molar-refractivity contribution in [2.75, 3.05) is 43.9 Å². The van der Waals surface area contributed by atoms with E-state index in [0.717, 1.165) is 25.1 Å². The van der Waals surface area contributed by atoms with Gasteiger partial charge in [0.15, 0.2) is 0 Å². The highest BCUT2D eigenvalue weighted by atomic mass is 32.2. The number of para-hydroxylation sites is 1. The molecule has 118 valence electrons. The maximum absolute atomic E-state index is 11.7. The smallest absolute Gasteiger partial charge is 0.211 e. The monoisotopic (exact) mass is 312 g/mol. The Balaban J connectivity index is 2.03. The normalized spacial score (nSPS) is 20.4. The molecule has 0 radical (unpaired) electrons. The van der Waals surface area contributed by atoms with Gasteiger partial charge in [-0.05, 0) is 30.9 Å². The lowest BCUT2D eigenvalue weighted by atomic mass is 9.98. The maximum Gasteiger partial charge on any atom is 0.211 e. The SMILES string of the molecule is CS(=O)(=O)N1CCCC(CN(CCO)c2ccccc2)C1. The van der Waals surface area contributed by atoms with Gasteiger partial charge in [0.25, 0.3) is 0 Å². The Morgan fingerprint density at radius 1 is 1.33 bits per heavy atom. The molecule has 1 aliphatic rings. The number of rotatable bonds is 6. The van der Waals surface area contributed by atoms with Gasteiger partial charge in [-0.15, -0.1) is 0 Å². The Morgan fingerprint density at radius 2 is 2.05 bits per heavy atom. The van der Waals surface area contributed by atoms with Crippen molar-refractivity contribution in [2.24, 2.45) is 5.92 Å². The molecule has 6 heteroatoms. The van der Waals surface area contributed by atoms with E-state index >= 15 is 0 Å². The first-order valence-electron chi connectivity index (χ1n) is 7.36. The van der Waals surface area contributed by atoms with Crippen LogP contribution in [-0.2, 0) is 10.0 Å². The highest BCUT2D eigenvalue weighted by molar-refractivity contribution is 7.88. The molecule has 0 aromatic heterocycles. The molecule has 1 heterocycles. The Labute approximate surface area is 127 Å². The van der Waals surface area contributed by atoms with Gasteiger partial charge in [0, 0.05) is 31.9 Å². The van der Waals surface area contributed by atoms with E-state index in [0.29, 0.717) is 25.6 Å². The van der Waals surface area contributed by atoms with Gasteiger partial charge in [-0.25, -0.2) is 12.7 Å². The predicted molar refractivity (Wildman–Crippen MR) is 84.9 cm³/mol. The lowest BCUT2D eigenvalue weighted by Gasteiger charge is -2.35. The Morgan fingerprint density at radius 3 is 2.67 bits per heavy atom. The van der Waals surface area contributed by atoms with E-state index in [2.05, 4.69) is 4.90 Å². The van der Waals surface area contributed by atoms with E-state index in [1.807, 2.05) is 30.3 Å². The van der Waals surface area contributed by atoms with Crippen molar-refractivity contribution in [1.29, 1.82) is 0 Å². The summed E-state index contributed by atoms with van der Waals surface area (Å²) in [6.45, 7) is 2.64. The Kier molecular flexibility index (Phi) is 5.61. The van der Waals surface area contributed by atoms with Gasteiger partial charge < -0.3 is 10.0 Å². The summed E-state index contributed by atoms with van der Waals surface area (Å²) in [6, 6.07) is 9.96. The van der Waals surface area contributed by atoms with Crippen LogP contribution in [0.4, 0.5) is 5.69 Å². The van der Waals surface area contributed by atoms with E-state index in [9.17, 15) is 13.5 Å². The molecule has 0 bridgehead atoms.